The normalized spacial score (nSPS) is 27.9. The molecular weight excluding hydrogens is 228 g/mol. The van der Waals surface area contributed by atoms with E-state index in [9.17, 15) is 4.79 Å². The van der Waals surface area contributed by atoms with Crippen LogP contribution in [0.2, 0.25) is 0 Å². The summed E-state index contributed by atoms with van der Waals surface area (Å²) in [4.78, 5) is 16.1. The summed E-state index contributed by atoms with van der Waals surface area (Å²) in [5.74, 6) is 0.436. The fraction of sp³-hybridized carbons (Fsp3) is 0.929. The third-order valence-corrected chi connectivity index (χ3v) is 4.30. The molecule has 0 radical (unpaired) electrons. The summed E-state index contributed by atoms with van der Waals surface area (Å²) < 4.78 is 5.84. The standard InChI is InChI=1S/C14H26N2O2/c1-3-16-8-9-18-14(11-16)10-15(2)12-4-6-13(17)7-5-12/h12,14H,3-11H2,1-2H3. The Morgan fingerprint density at radius 1 is 1.39 bits per heavy atom. The molecule has 1 atom stereocenters. The van der Waals surface area contributed by atoms with Gasteiger partial charge >= 0.3 is 0 Å². The Morgan fingerprint density at radius 2 is 2.11 bits per heavy atom. The molecule has 1 unspecified atom stereocenters. The lowest BCUT2D eigenvalue weighted by molar-refractivity contribution is -0.121. The van der Waals surface area contributed by atoms with Crippen molar-refractivity contribution >= 4 is 5.78 Å². The van der Waals surface area contributed by atoms with Gasteiger partial charge in [-0.3, -0.25) is 9.69 Å². The smallest absolute Gasteiger partial charge is 0.133 e. The first-order valence-corrected chi connectivity index (χ1v) is 7.25. The van der Waals surface area contributed by atoms with Gasteiger partial charge in [0.2, 0.25) is 0 Å². The molecular formula is C14H26N2O2. The highest BCUT2D eigenvalue weighted by Crippen LogP contribution is 2.20. The van der Waals surface area contributed by atoms with E-state index in [0.717, 1.165) is 58.5 Å². The molecule has 0 aromatic carbocycles. The number of carbonyl (C=O) groups excluding carboxylic acids is 1. The van der Waals surface area contributed by atoms with E-state index in [1.54, 1.807) is 0 Å². The lowest BCUT2D eigenvalue weighted by atomic mass is 9.93. The van der Waals surface area contributed by atoms with Crippen molar-refractivity contribution in [2.75, 3.05) is 39.8 Å². The first-order chi connectivity index (χ1) is 8.69. The maximum atomic E-state index is 11.3. The minimum absolute atomic E-state index is 0.335. The van der Waals surface area contributed by atoms with Gasteiger partial charge in [0, 0.05) is 38.5 Å². The topological polar surface area (TPSA) is 32.8 Å². The Bertz CT molecular complexity index is 273. The fourth-order valence-corrected chi connectivity index (χ4v) is 3.01. The summed E-state index contributed by atoms with van der Waals surface area (Å²) in [6.07, 6.45) is 3.92. The van der Waals surface area contributed by atoms with Crippen molar-refractivity contribution in [1.82, 2.24) is 9.80 Å². The molecule has 4 heteroatoms. The molecule has 18 heavy (non-hydrogen) atoms. The van der Waals surface area contributed by atoms with E-state index in [4.69, 9.17) is 4.74 Å². The first kappa shape index (κ1) is 14.0. The number of hydrogen-bond acceptors (Lipinski definition) is 4. The van der Waals surface area contributed by atoms with Crippen LogP contribution in [-0.2, 0) is 9.53 Å². The van der Waals surface area contributed by atoms with Crippen LogP contribution in [0, 0.1) is 0 Å². The monoisotopic (exact) mass is 254 g/mol. The molecule has 0 aromatic heterocycles. The van der Waals surface area contributed by atoms with Crippen LogP contribution in [0.25, 0.3) is 0 Å². The predicted molar refractivity (Wildman–Crippen MR) is 71.7 cm³/mol. The Morgan fingerprint density at radius 3 is 2.78 bits per heavy atom. The van der Waals surface area contributed by atoms with E-state index in [1.807, 2.05) is 0 Å². The van der Waals surface area contributed by atoms with Crippen molar-refractivity contribution in [3.8, 4) is 0 Å². The summed E-state index contributed by atoms with van der Waals surface area (Å²) >= 11 is 0. The number of ketones is 1. The second-order valence-corrected chi connectivity index (χ2v) is 5.60. The summed E-state index contributed by atoms with van der Waals surface area (Å²) in [5.41, 5.74) is 0. The lowest BCUT2D eigenvalue weighted by Crippen LogP contribution is -2.49. The zero-order chi connectivity index (χ0) is 13.0. The largest absolute Gasteiger partial charge is 0.374 e. The van der Waals surface area contributed by atoms with Gasteiger partial charge in [-0.25, -0.2) is 0 Å². The van der Waals surface area contributed by atoms with Crippen molar-refractivity contribution < 1.29 is 9.53 Å². The van der Waals surface area contributed by atoms with Gasteiger partial charge in [-0.05, 0) is 26.4 Å². The summed E-state index contributed by atoms with van der Waals surface area (Å²) in [7, 11) is 2.18. The molecule has 1 saturated heterocycles. The molecule has 0 aromatic rings. The van der Waals surface area contributed by atoms with Crippen LogP contribution in [0.3, 0.4) is 0 Å². The number of nitrogens with zero attached hydrogens (tertiary/aromatic N) is 2. The Hall–Kier alpha value is -0.450. The molecule has 2 fully saturated rings. The Kier molecular flexibility index (Phi) is 5.15. The van der Waals surface area contributed by atoms with Crippen molar-refractivity contribution in [2.24, 2.45) is 0 Å². The predicted octanol–water partition coefficient (Wildman–Crippen LogP) is 1.15. The van der Waals surface area contributed by atoms with E-state index in [1.165, 1.54) is 0 Å². The van der Waals surface area contributed by atoms with Gasteiger partial charge < -0.3 is 9.64 Å². The third-order valence-electron chi connectivity index (χ3n) is 4.30. The van der Waals surface area contributed by atoms with Gasteiger partial charge in [0.05, 0.1) is 12.7 Å². The number of Topliss-reactive ketones (excluding diaryl/α,β-unsaturated/α-hetero) is 1. The average molecular weight is 254 g/mol. The van der Waals surface area contributed by atoms with Crippen molar-refractivity contribution in [1.29, 1.82) is 0 Å². The zero-order valence-electron chi connectivity index (χ0n) is 11.7. The maximum Gasteiger partial charge on any atom is 0.133 e. The first-order valence-electron chi connectivity index (χ1n) is 7.25. The van der Waals surface area contributed by atoms with Crippen molar-refractivity contribution in [3.05, 3.63) is 0 Å². The summed E-state index contributed by atoms with van der Waals surface area (Å²) in [5, 5.41) is 0. The molecule has 1 saturated carbocycles. The molecule has 1 aliphatic carbocycles. The molecule has 1 heterocycles. The van der Waals surface area contributed by atoms with Crippen LogP contribution in [0.1, 0.15) is 32.6 Å². The van der Waals surface area contributed by atoms with Crippen LogP contribution < -0.4 is 0 Å². The van der Waals surface area contributed by atoms with Crippen molar-refractivity contribution in [2.45, 2.75) is 44.8 Å². The van der Waals surface area contributed by atoms with Gasteiger partial charge in [-0.1, -0.05) is 6.92 Å². The zero-order valence-corrected chi connectivity index (χ0v) is 11.7. The molecule has 2 aliphatic rings. The maximum absolute atomic E-state index is 11.3. The van der Waals surface area contributed by atoms with E-state index in [0.29, 0.717) is 17.9 Å². The molecule has 0 amide bonds. The van der Waals surface area contributed by atoms with Gasteiger partial charge in [-0.2, -0.15) is 0 Å². The molecule has 0 spiro atoms. The van der Waals surface area contributed by atoms with E-state index >= 15 is 0 Å². The number of morpholine rings is 1. The van der Waals surface area contributed by atoms with Gasteiger partial charge in [-0.15, -0.1) is 0 Å². The number of carbonyl (C=O) groups is 1. The highest BCUT2D eigenvalue weighted by molar-refractivity contribution is 5.79. The highest BCUT2D eigenvalue weighted by Gasteiger charge is 2.26. The SMILES string of the molecule is CCN1CCOC(CN(C)C2CCC(=O)CC2)C1. The average Bonchev–Trinajstić information content (AvgIpc) is 2.39. The summed E-state index contributed by atoms with van der Waals surface area (Å²) in [6, 6.07) is 0.573. The molecule has 0 bridgehead atoms. The van der Waals surface area contributed by atoms with Crippen LogP contribution >= 0.6 is 0 Å². The van der Waals surface area contributed by atoms with E-state index in [2.05, 4.69) is 23.8 Å². The molecule has 2 rings (SSSR count). The number of ether oxygens (including phenoxy) is 1. The van der Waals surface area contributed by atoms with Crippen LogP contribution in [-0.4, -0.2) is 67.6 Å². The third kappa shape index (κ3) is 3.77. The van der Waals surface area contributed by atoms with E-state index in [-0.39, 0.29) is 0 Å². The second-order valence-electron chi connectivity index (χ2n) is 5.60. The van der Waals surface area contributed by atoms with Crippen LogP contribution in [0.4, 0.5) is 0 Å². The molecule has 0 N–H and O–H groups in total. The molecule has 104 valence electrons. The number of rotatable bonds is 4. The second kappa shape index (κ2) is 6.64. The minimum Gasteiger partial charge on any atom is -0.374 e. The number of likely N-dealkylation sites (N-methyl/N-ethyl adjacent to an activating group) is 2. The summed E-state index contributed by atoms with van der Waals surface area (Å²) in [6.45, 7) is 7.28. The van der Waals surface area contributed by atoms with E-state index < -0.39 is 0 Å². The molecule has 4 nitrogen and oxygen atoms in total. The Balaban J connectivity index is 1.76. The van der Waals surface area contributed by atoms with Gasteiger partial charge in [0.15, 0.2) is 0 Å². The fourth-order valence-electron chi connectivity index (χ4n) is 3.01. The quantitative estimate of drug-likeness (QED) is 0.753. The van der Waals surface area contributed by atoms with Gasteiger partial charge in [0.25, 0.3) is 0 Å². The Labute approximate surface area is 110 Å². The van der Waals surface area contributed by atoms with Crippen LogP contribution in [0.5, 0.6) is 0 Å². The van der Waals surface area contributed by atoms with Crippen molar-refractivity contribution in [3.63, 3.8) is 0 Å². The lowest BCUT2D eigenvalue weighted by Gasteiger charge is -2.37. The van der Waals surface area contributed by atoms with Crippen LogP contribution in [0.15, 0.2) is 0 Å². The highest BCUT2D eigenvalue weighted by atomic mass is 16.5. The van der Waals surface area contributed by atoms with Gasteiger partial charge in [0.1, 0.15) is 5.78 Å². The molecule has 1 aliphatic heterocycles. The number of hydrogen-bond donors (Lipinski definition) is 0. The minimum atomic E-state index is 0.335.